The van der Waals surface area contributed by atoms with E-state index >= 15 is 0 Å². The monoisotopic (exact) mass is 579 g/mol. The van der Waals surface area contributed by atoms with Gasteiger partial charge in [0.25, 0.3) is 0 Å². The fraction of sp³-hybridized carbons (Fsp3) is 0.905. The Morgan fingerprint density at radius 3 is 2.73 bits per heavy atom. The maximum absolute atomic E-state index is 11.8. The molecular formula is C21H42IN9O2. The van der Waals surface area contributed by atoms with Crippen LogP contribution >= 0.6 is 22.9 Å². The molecule has 0 aromatic heterocycles. The zero-order valence-corrected chi connectivity index (χ0v) is 22.9. The zero-order chi connectivity index (χ0) is 24.4. The van der Waals surface area contributed by atoms with Gasteiger partial charge in [0, 0.05) is 60.7 Å². The van der Waals surface area contributed by atoms with Crippen LogP contribution in [0.5, 0.6) is 0 Å². The molecule has 0 bridgehead atoms. The van der Waals surface area contributed by atoms with Crippen LogP contribution in [0.1, 0.15) is 59.8 Å². The highest BCUT2D eigenvalue weighted by molar-refractivity contribution is 14.1. The summed E-state index contributed by atoms with van der Waals surface area (Å²) in [5, 5.41) is 17.7. The third kappa shape index (κ3) is 8.35. The molecule has 0 radical (unpaired) electrons. The number of quaternary nitrogens is 1. The molecule has 2 rings (SSSR count). The second kappa shape index (κ2) is 13.8. The molecule has 0 aromatic carbocycles. The lowest BCUT2D eigenvalue weighted by atomic mass is 9.80. The molecule has 33 heavy (non-hydrogen) atoms. The van der Waals surface area contributed by atoms with Gasteiger partial charge in [0.15, 0.2) is 6.67 Å². The molecular weight excluding hydrogens is 537 g/mol. The summed E-state index contributed by atoms with van der Waals surface area (Å²) in [7, 11) is 1.79. The average Bonchev–Trinajstić information content (AvgIpc) is 2.74. The summed E-state index contributed by atoms with van der Waals surface area (Å²) in [6.07, 6.45) is 5.38. The molecule has 1 fully saturated rings. The number of ether oxygens (including phenoxy) is 1. The molecule has 4 atom stereocenters. The third-order valence-corrected chi connectivity index (χ3v) is 6.68. The molecule has 12 heteroatoms. The first-order chi connectivity index (χ1) is 15.7. The highest BCUT2D eigenvalue weighted by Crippen LogP contribution is 2.34. The maximum atomic E-state index is 11.8. The Morgan fingerprint density at radius 2 is 2.15 bits per heavy atom. The summed E-state index contributed by atoms with van der Waals surface area (Å²) in [6, 6.07) is 0. The third-order valence-electron chi connectivity index (χ3n) is 6.14. The number of hydrogen-bond acceptors (Lipinski definition) is 10. The standard InChI is InChI=1S/C21H42IN9O2/c1-6-12-30(13-7-8-16(2)3)21(4)26-19(17-9-10-18(17)33-14-11-24-22)25-20(27-21)29(5)15-31(32)28-23/h16-18,23-24,31H,6-15H2,1-5H3,(H,25,26,27). The van der Waals surface area contributed by atoms with Crippen molar-refractivity contribution in [3.05, 3.63) is 5.21 Å². The second-order valence-corrected chi connectivity index (χ2v) is 10.2. The molecule has 0 saturated heterocycles. The van der Waals surface area contributed by atoms with E-state index in [2.05, 4.69) is 69.5 Å². The Morgan fingerprint density at radius 1 is 1.39 bits per heavy atom. The first-order valence-corrected chi connectivity index (χ1v) is 13.1. The molecule has 1 saturated carbocycles. The molecule has 11 nitrogen and oxygen atoms in total. The Balaban J connectivity index is 2.28. The fourth-order valence-electron chi connectivity index (χ4n) is 4.16. The van der Waals surface area contributed by atoms with E-state index in [1.54, 1.807) is 11.9 Å². The Labute approximate surface area is 212 Å². The minimum absolute atomic E-state index is 0.00819. The van der Waals surface area contributed by atoms with E-state index in [1.165, 1.54) is 0 Å². The van der Waals surface area contributed by atoms with Gasteiger partial charge < -0.3 is 15.3 Å². The van der Waals surface area contributed by atoms with E-state index in [0.29, 0.717) is 18.5 Å². The summed E-state index contributed by atoms with van der Waals surface area (Å²) < 4.78 is 9.17. The van der Waals surface area contributed by atoms with E-state index in [0.717, 1.165) is 57.6 Å². The highest BCUT2D eigenvalue weighted by atomic mass is 127. The van der Waals surface area contributed by atoms with Crippen molar-refractivity contribution in [1.82, 2.24) is 18.6 Å². The van der Waals surface area contributed by atoms with Crippen molar-refractivity contribution < 1.29 is 9.91 Å². The number of halogens is 1. The largest absolute Gasteiger partial charge is 0.603 e. The number of aliphatic imine (C=N–C) groups is 2. The molecule has 0 amide bonds. The summed E-state index contributed by atoms with van der Waals surface area (Å²) >= 11 is 2.13. The smallest absolute Gasteiger partial charge is 0.209 e. The molecule has 1 aliphatic carbocycles. The van der Waals surface area contributed by atoms with E-state index in [9.17, 15) is 5.21 Å². The number of nitrogens with one attached hydrogen (secondary N) is 4. The van der Waals surface area contributed by atoms with Gasteiger partial charge in [0.1, 0.15) is 5.84 Å². The van der Waals surface area contributed by atoms with Crippen molar-refractivity contribution in [2.45, 2.75) is 71.7 Å². The lowest BCUT2D eigenvalue weighted by molar-refractivity contribution is -0.871. The Hall–Kier alpha value is -0.930. The van der Waals surface area contributed by atoms with Crippen molar-refractivity contribution in [2.75, 3.05) is 40.0 Å². The molecule has 0 aromatic rings. The predicted octanol–water partition coefficient (Wildman–Crippen LogP) is 2.12. The highest BCUT2D eigenvalue weighted by Gasteiger charge is 2.42. The fourth-order valence-corrected chi connectivity index (χ4v) is 4.38. The van der Waals surface area contributed by atoms with Crippen LogP contribution in [0.25, 0.3) is 0 Å². The van der Waals surface area contributed by atoms with Crippen molar-refractivity contribution >= 4 is 34.7 Å². The van der Waals surface area contributed by atoms with Crippen LogP contribution in [-0.4, -0.2) is 73.4 Å². The van der Waals surface area contributed by atoms with Gasteiger partial charge in [-0.05, 0) is 44.9 Å². The van der Waals surface area contributed by atoms with Crippen LogP contribution in [-0.2, 0) is 4.74 Å². The summed E-state index contributed by atoms with van der Waals surface area (Å²) in [4.78, 5) is 14.2. The van der Waals surface area contributed by atoms with Gasteiger partial charge in [-0.2, -0.15) is 5.53 Å². The van der Waals surface area contributed by atoms with Gasteiger partial charge in [-0.25, -0.2) is 15.2 Å². The molecule has 2 aliphatic rings. The summed E-state index contributed by atoms with van der Waals surface area (Å²) in [5.74, 6) is 1.52. The molecule has 1 heterocycles. The van der Waals surface area contributed by atoms with Gasteiger partial charge in [-0.1, -0.05) is 20.8 Å². The van der Waals surface area contributed by atoms with E-state index in [-0.39, 0.29) is 18.7 Å². The minimum Gasteiger partial charge on any atom is -0.603 e. The normalized spacial score (nSPS) is 25.8. The minimum atomic E-state index is -0.762. The molecule has 4 unspecified atom stereocenters. The maximum Gasteiger partial charge on any atom is 0.209 e. The van der Waals surface area contributed by atoms with E-state index in [4.69, 9.17) is 20.3 Å². The zero-order valence-electron chi connectivity index (χ0n) is 20.7. The van der Waals surface area contributed by atoms with Gasteiger partial charge in [0.05, 0.1) is 12.7 Å². The van der Waals surface area contributed by atoms with E-state index < -0.39 is 11.0 Å². The Bertz CT molecular complexity index is 678. The Kier molecular flexibility index (Phi) is 11.9. The van der Waals surface area contributed by atoms with Gasteiger partial charge >= 0.3 is 0 Å². The predicted molar refractivity (Wildman–Crippen MR) is 139 cm³/mol. The van der Waals surface area contributed by atoms with Crippen molar-refractivity contribution in [3.63, 3.8) is 0 Å². The van der Waals surface area contributed by atoms with Gasteiger partial charge in [-0.15, -0.1) is 0 Å². The molecule has 1 aliphatic heterocycles. The van der Waals surface area contributed by atoms with Crippen LogP contribution in [0, 0.1) is 22.6 Å². The van der Waals surface area contributed by atoms with Crippen LogP contribution in [0.3, 0.4) is 0 Å². The second-order valence-electron chi connectivity index (χ2n) is 9.39. The van der Waals surface area contributed by atoms with E-state index in [1.807, 2.05) is 0 Å². The quantitative estimate of drug-likeness (QED) is 0.0588. The average molecular weight is 580 g/mol. The number of amidine groups is 1. The van der Waals surface area contributed by atoms with Crippen LogP contribution in [0.15, 0.2) is 15.2 Å². The first-order valence-electron chi connectivity index (χ1n) is 12.0. The van der Waals surface area contributed by atoms with Gasteiger partial charge in [-0.3, -0.25) is 13.3 Å². The number of nitrogens with zero attached hydrogens (tertiary/aromatic N) is 5. The number of guanidine groups is 1. The number of hydrogen-bond donors (Lipinski definition) is 4. The summed E-state index contributed by atoms with van der Waals surface area (Å²) in [6.45, 7) is 12.0. The van der Waals surface area contributed by atoms with Crippen LogP contribution < -0.4 is 14.0 Å². The van der Waals surface area contributed by atoms with Crippen LogP contribution in [0.2, 0.25) is 0 Å². The lowest BCUT2D eigenvalue weighted by Gasteiger charge is -2.44. The first kappa shape index (κ1) is 28.3. The van der Waals surface area contributed by atoms with Crippen molar-refractivity contribution in [2.24, 2.45) is 27.0 Å². The topological polar surface area (TPSA) is 128 Å². The van der Waals surface area contributed by atoms with Crippen molar-refractivity contribution in [1.29, 1.82) is 5.53 Å². The van der Waals surface area contributed by atoms with Crippen LogP contribution in [0.4, 0.5) is 0 Å². The van der Waals surface area contributed by atoms with Gasteiger partial charge in [0.2, 0.25) is 11.7 Å². The molecule has 190 valence electrons. The SMILES string of the molecule is CCCN(CCCC(C)C)C1(C)N=C(C2CCC2OCCNI)NC(N(C)C[NH+]([O-])N=N)=N1. The van der Waals surface area contributed by atoms with Crippen molar-refractivity contribution in [3.8, 4) is 0 Å². The number of rotatable bonds is 15. The summed E-state index contributed by atoms with van der Waals surface area (Å²) in [5.41, 5.74) is 7.02. The molecule has 4 N–H and O–H groups in total. The lowest BCUT2D eigenvalue weighted by Crippen LogP contribution is -3.04. The number of hydroxylamine groups is 1. The molecule has 0 spiro atoms.